The van der Waals surface area contributed by atoms with Gasteiger partial charge in [0.1, 0.15) is 6.04 Å². The van der Waals surface area contributed by atoms with E-state index in [0.717, 1.165) is 19.3 Å². The highest BCUT2D eigenvalue weighted by Gasteiger charge is 2.17. The van der Waals surface area contributed by atoms with Gasteiger partial charge in [0, 0.05) is 11.9 Å². The lowest BCUT2D eigenvalue weighted by atomic mass is 10.0. The quantitative estimate of drug-likeness (QED) is 0.554. The van der Waals surface area contributed by atoms with E-state index in [1.807, 2.05) is 10.8 Å². The second-order valence-corrected chi connectivity index (χ2v) is 2.83. The molecule has 1 aliphatic heterocycles. The van der Waals surface area contributed by atoms with E-state index in [0.29, 0.717) is 0 Å². The van der Waals surface area contributed by atoms with Crippen LogP contribution in [0.5, 0.6) is 0 Å². The predicted molar refractivity (Wildman–Crippen MR) is 39.8 cm³/mol. The minimum Gasteiger partial charge on any atom is -0.318 e. The molecule has 0 spiro atoms. The van der Waals surface area contributed by atoms with Crippen LogP contribution in [0.2, 0.25) is 0 Å². The first kappa shape index (κ1) is 6.41. The molecule has 1 atom stereocenters. The fraction of sp³-hybridized carbons (Fsp3) is 0.500. The number of hydrogen-bond acceptors (Lipinski definition) is 2. The molecule has 1 aromatic rings. The third-order valence-electron chi connectivity index (χ3n) is 2.14. The van der Waals surface area contributed by atoms with E-state index < -0.39 is 0 Å². The molecule has 11 heavy (non-hydrogen) atoms. The van der Waals surface area contributed by atoms with Gasteiger partial charge >= 0.3 is 0 Å². The molecule has 0 aliphatic carbocycles. The molecule has 0 saturated heterocycles. The van der Waals surface area contributed by atoms with Gasteiger partial charge in [0.25, 0.3) is 0 Å². The predicted octanol–water partition coefficient (Wildman–Crippen LogP) is 1.28. The van der Waals surface area contributed by atoms with Gasteiger partial charge in [-0.05, 0) is 19.3 Å². The average Bonchev–Trinajstić information content (AvgIpc) is 2.50. The molecule has 2 heterocycles. The summed E-state index contributed by atoms with van der Waals surface area (Å²) in [7, 11) is 0. The molecule has 0 fully saturated rings. The van der Waals surface area contributed by atoms with E-state index in [1.165, 1.54) is 5.69 Å². The van der Waals surface area contributed by atoms with Gasteiger partial charge < -0.3 is 4.57 Å². The number of imidazole rings is 1. The molecule has 2 rings (SSSR count). The van der Waals surface area contributed by atoms with Crippen LogP contribution in [0.25, 0.3) is 0 Å². The van der Waals surface area contributed by atoms with Gasteiger partial charge in [-0.3, -0.25) is 0 Å². The van der Waals surface area contributed by atoms with Crippen LogP contribution in [-0.4, -0.2) is 9.55 Å². The lowest BCUT2D eigenvalue weighted by Gasteiger charge is -2.18. The summed E-state index contributed by atoms with van der Waals surface area (Å²) in [5.74, 6) is 0. The molecular weight excluding hydrogens is 138 g/mol. The first-order valence-corrected chi connectivity index (χ1v) is 3.82. The summed E-state index contributed by atoms with van der Waals surface area (Å²) in [6.07, 6.45) is 6.76. The van der Waals surface area contributed by atoms with Crippen LogP contribution >= 0.6 is 0 Å². The zero-order valence-electron chi connectivity index (χ0n) is 6.20. The number of hydrogen-bond donors (Lipinski definition) is 0. The highest BCUT2D eigenvalue weighted by Crippen LogP contribution is 2.22. The average molecular weight is 147 g/mol. The summed E-state index contributed by atoms with van der Waals surface area (Å²) in [4.78, 5) is 4.01. The standard InChI is InChI=1S/C8H9N3/c9-4-7-2-1-3-8-5-10-6-11(7)8/h5-7H,1-3H2/t7-/m0/s1. The fourth-order valence-electron chi connectivity index (χ4n) is 1.55. The summed E-state index contributed by atoms with van der Waals surface area (Å²) < 4.78 is 1.98. The molecule has 0 aromatic carbocycles. The Bertz CT molecular complexity index is 295. The van der Waals surface area contributed by atoms with Gasteiger partial charge in [-0.1, -0.05) is 0 Å². The third kappa shape index (κ3) is 0.911. The van der Waals surface area contributed by atoms with Crippen LogP contribution in [0, 0.1) is 11.3 Å². The Balaban J connectivity index is 2.41. The first-order chi connectivity index (χ1) is 5.42. The minimum atomic E-state index is 0.0289. The Morgan fingerprint density at radius 1 is 1.73 bits per heavy atom. The number of nitrogens with zero attached hydrogens (tertiary/aromatic N) is 3. The van der Waals surface area contributed by atoms with Gasteiger partial charge in [-0.25, -0.2) is 4.98 Å². The number of aryl methyl sites for hydroxylation is 1. The van der Waals surface area contributed by atoms with Crippen molar-refractivity contribution in [3.05, 3.63) is 18.2 Å². The Morgan fingerprint density at radius 3 is 3.45 bits per heavy atom. The molecule has 3 nitrogen and oxygen atoms in total. The maximum absolute atomic E-state index is 8.76. The van der Waals surface area contributed by atoms with E-state index in [9.17, 15) is 0 Å². The Labute approximate surface area is 65.3 Å². The van der Waals surface area contributed by atoms with Crippen molar-refractivity contribution in [2.45, 2.75) is 25.3 Å². The lowest BCUT2D eigenvalue weighted by Crippen LogP contribution is -2.14. The molecule has 0 bridgehead atoms. The van der Waals surface area contributed by atoms with Gasteiger partial charge in [0.15, 0.2) is 0 Å². The molecule has 56 valence electrons. The van der Waals surface area contributed by atoms with Crippen LogP contribution in [0.15, 0.2) is 12.5 Å². The van der Waals surface area contributed by atoms with Crippen LogP contribution in [0.3, 0.4) is 0 Å². The maximum Gasteiger partial charge on any atom is 0.122 e. The van der Waals surface area contributed by atoms with E-state index in [1.54, 1.807) is 6.33 Å². The third-order valence-corrected chi connectivity index (χ3v) is 2.14. The summed E-state index contributed by atoms with van der Waals surface area (Å²) in [5.41, 5.74) is 1.20. The lowest BCUT2D eigenvalue weighted by molar-refractivity contribution is 0.478. The van der Waals surface area contributed by atoms with Crippen molar-refractivity contribution >= 4 is 0 Å². The molecule has 3 heteroatoms. The van der Waals surface area contributed by atoms with Crippen molar-refractivity contribution in [1.29, 1.82) is 5.26 Å². The minimum absolute atomic E-state index is 0.0289. The molecule has 0 saturated carbocycles. The van der Waals surface area contributed by atoms with E-state index in [4.69, 9.17) is 5.26 Å². The Hall–Kier alpha value is -1.30. The van der Waals surface area contributed by atoms with Crippen molar-refractivity contribution in [3.63, 3.8) is 0 Å². The summed E-state index contributed by atoms with van der Waals surface area (Å²) in [6, 6.07) is 2.30. The first-order valence-electron chi connectivity index (χ1n) is 3.82. The van der Waals surface area contributed by atoms with Crippen molar-refractivity contribution in [1.82, 2.24) is 9.55 Å². The zero-order valence-corrected chi connectivity index (χ0v) is 6.20. The highest BCUT2D eigenvalue weighted by molar-refractivity contribution is 5.08. The monoisotopic (exact) mass is 147 g/mol. The normalized spacial score (nSPS) is 22.3. The SMILES string of the molecule is N#C[C@@H]1CCCc2cncn21. The highest BCUT2D eigenvalue weighted by atomic mass is 15.1. The van der Waals surface area contributed by atoms with Crippen molar-refractivity contribution in [2.75, 3.05) is 0 Å². The van der Waals surface area contributed by atoms with Gasteiger partial charge in [-0.15, -0.1) is 0 Å². The molecule has 0 amide bonds. The maximum atomic E-state index is 8.76. The summed E-state index contributed by atoms with van der Waals surface area (Å²) >= 11 is 0. The van der Waals surface area contributed by atoms with Crippen molar-refractivity contribution in [3.8, 4) is 6.07 Å². The smallest absolute Gasteiger partial charge is 0.122 e. The van der Waals surface area contributed by atoms with Crippen molar-refractivity contribution < 1.29 is 0 Å². The number of rotatable bonds is 0. The molecule has 0 radical (unpaired) electrons. The second kappa shape index (κ2) is 2.39. The molecule has 1 aromatic heterocycles. The fourth-order valence-corrected chi connectivity index (χ4v) is 1.55. The second-order valence-electron chi connectivity index (χ2n) is 2.83. The largest absolute Gasteiger partial charge is 0.318 e. The van der Waals surface area contributed by atoms with Crippen LogP contribution in [0.4, 0.5) is 0 Å². The van der Waals surface area contributed by atoms with Gasteiger partial charge in [-0.2, -0.15) is 5.26 Å². The molecule has 0 unspecified atom stereocenters. The zero-order chi connectivity index (χ0) is 7.68. The van der Waals surface area contributed by atoms with E-state index in [2.05, 4.69) is 11.1 Å². The van der Waals surface area contributed by atoms with Crippen LogP contribution in [0.1, 0.15) is 24.6 Å². The Morgan fingerprint density at radius 2 is 2.64 bits per heavy atom. The number of nitriles is 1. The number of fused-ring (bicyclic) bond motifs is 1. The molecular formula is C8H9N3. The Kier molecular flexibility index (Phi) is 1.39. The summed E-state index contributed by atoms with van der Waals surface area (Å²) in [6.45, 7) is 0. The van der Waals surface area contributed by atoms with Gasteiger partial charge in [0.2, 0.25) is 0 Å². The van der Waals surface area contributed by atoms with E-state index in [-0.39, 0.29) is 6.04 Å². The van der Waals surface area contributed by atoms with Gasteiger partial charge in [0.05, 0.1) is 12.4 Å². The van der Waals surface area contributed by atoms with Crippen LogP contribution in [-0.2, 0) is 6.42 Å². The van der Waals surface area contributed by atoms with Crippen molar-refractivity contribution in [2.24, 2.45) is 0 Å². The molecule has 0 N–H and O–H groups in total. The summed E-state index contributed by atoms with van der Waals surface area (Å²) in [5, 5.41) is 8.76. The van der Waals surface area contributed by atoms with E-state index >= 15 is 0 Å². The topological polar surface area (TPSA) is 41.6 Å². The molecule has 1 aliphatic rings. The van der Waals surface area contributed by atoms with Crippen LogP contribution < -0.4 is 0 Å². The number of aromatic nitrogens is 2.